The highest BCUT2D eigenvalue weighted by Gasteiger charge is 2.14. The Labute approximate surface area is 138 Å². The number of carbonyl (C=O) groups excluding carboxylic acids is 1. The molecule has 128 valence electrons. The third-order valence-electron chi connectivity index (χ3n) is 4.20. The van der Waals surface area contributed by atoms with Gasteiger partial charge in [0.25, 0.3) is 0 Å². The number of ether oxygens (including phenoxy) is 3. The molecule has 0 atom stereocenters. The van der Waals surface area contributed by atoms with Crippen LogP contribution in [0.25, 0.3) is 0 Å². The van der Waals surface area contributed by atoms with E-state index in [1.165, 1.54) is 33.0 Å². The van der Waals surface area contributed by atoms with E-state index in [2.05, 4.69) is 16.6 Å². The smallest absolute Gasteiger partial charge is 0.337 e. The Morgan fingerprint density at radius 2 is 1.83 bits per heavy atom. The summed E-state index contributed by atoms with van der Waals surface area (Å²) in [6, 6.07) is 6.92. The number of rotatable bonds is 8. The molecule has 5 heteroatoms. The molecule has 1 heterocycles. The van der Waals surface area contributed by atoms with Crippen molar-refractivity contribution in [2.45, 2.75) is 19.8 Å². The first-order valence-corrected chi connectivity index (χ1v) is 8.30. The van der Waals surface area contributed by atoms with E-state index in [0.29, 0.717) is 18.8 Å². The van der Waals surface area contributed by atoms with Gasteiger partial charge in [-0.2, -0.15) is 0 Å². The quantitative estimate of drug-likeness (QED) is 0.544. The summed E-state index contributed by atoms with van der Waals surface area (Å²) in [6.07, 6.45) is 2.59. The maximum atomic E-state index is 11.3. The molecule has 0 aliphatic carbocycles. The number of hydrogen-bond donors (Lipinski definition) is 0. The van der Waals surface area contributed by atoms with Crippen LogP contribution < -0.4 is 4.74 Å². The molecule has 23 heavy (non-hydrogen) atoms. The Morgan fingerprint density at radius 3 is 2.48 bits per heavy atom. The van der Waals surface area contributed by atoms with Gasteiger partial charge in [0, 0.05) is 6.54 Å². The monoisotopic (exact) mass is 321 g/mol. The van der Waals surface area contributed by atoms with E-state index >= 15 is 0 Å². The van der Waals surface area contributed by atoms with Crippen LogP contribution in [0.1, 0.15) is 30.1 Å². The van der Waals surface area contributed by atoms with Crippen molar-refractivity contribution in [2.75, 3.05) is 46.6 Å². The lowest BCUT2D eigenvalue weighted by Gasteiger charge is -2.29. The molecule has 0 N–H and O–H groups in total. The second-order valence-corrected chi connectivity index (χ2v) is 6.00. The van der Waals surface area contributed by atoms with Crippen LogP contribution in [0, 0.1) is 5.92 Å². The molecule has 0 unspecified atom stereocenters. The van der Waals surface area contributed by atoms with E-state index in [4.69, 9.17) is 9.47 Å². The van der Waals surface area contributed by atoms with Gasteiger partial charge in [-0.15, -0.1) is 0 Å². The Bertz CT molecular complexity index is 466. The van der Waals surface area contributed by atoms with Crippen molar-refractivity contribution in [1.29, 1.82) is 0 Å². The zero-order valence-electron chi connectivity index (χ0n) is 14.1. The zero-order chi connectivity index (χ0) is 16.5. The number of benzene rings is 1. The van der Waals surface area contributed by atoms with Crippen molar-refractivity contribution in [2.24, 2.45) is 5.92 Å². The molecule has 5 nitrogen and oxygen atoms in total. The summed E-state index contributed by atoms with van der Waals surface area (Å²) >= 11 is 0. The fourth-order valence-corrected chi connectivity index (χ4v) is 2.60. The first-order valence-electron chi connectivity index (χ1n) is 8.30. The summed E-state index contributed by atoms with van der Waals surface area (Å²) in [5, 5.41) is 0. The highest BCUT2D eigenvalue weighted by atomic mass is 16.5. The topological polar surface area (TPSA) is 48.0 Å². The van der Waals surface area contributed by atoms with Gasteiger partial charge in [-0.1, -0.05) is 6.92 Å². The average molecular weight is 321 g/mol. The molecule has 1 aromatic rings. The van der Waals surface area contributed by atoms with Gasteiger partial charge in [0.2, 0.25) is 0 Å². The SMILES string of the molecule is COC(=O)c1ccc(OCCOCCN2CCC(C)CC2)cc1. The first kappa shape index (κ1) is 17.8. The largest absolute Gasteiger partial charge is 0.491 e. The van der Waals surface area contributed by atoms with Crippen molar-refractivity contribution in [3.05, 3.63) is 29.8 Å². The predicted octanol–water partition coefficient (Wildman–Crippen LogP) is 2.60. The lowest BCUT2D eigenvalue weighted by Crippen LogP contribution is -2.35. The molecular weight excluding hydrogens is 294 g/mol. The van der Waals surface area contributed by atoms with Crippen LogP contribution in [0.15, 0.2) is 24.3 Å². The van der Waals surface area contributed by atoms with Gasteiger partial charge in [-0.3, -0.25) is 0 Å². The molecule has 0 aromatic heterocycles. The number of carbonyl (C=O) groups is 1. The van der Waals surface area contributed by atoms with E-state index in [0.717, 1.165) is 24.8 Å². The molecule has 1 saturated heterocycles. The lowest BCUT2D eigenvalue weighted by atomic mass is 9.99. The maximum absolute atomic E-state index is 11.3. The molecule has 0 amide bonds. The van der Waals surface area contributed by atoms with Gasteiger partial charge in [-0.05, 0) is 56.1 Å². The third-order valence-corrected chi connectivity index (χ3v) is 4.20. The Kier molecular flexibility index (Phi) is 7.36. The van der Waals surface area contributed by atoms with Gasteiger partial charge in [-0.25, -0.2) is 4.79 Å². The molecule has 0 spiro atoms. The van der Waals surface area contributed by atoms with Crippen molar-refractivity contribution < 1.29 is 19.0 Å². The Morgan fingerprint density at radius 1 is 1.13 bits per heavy atom. The number of nitrogens with zero attached hydrogens (tertiary/aromatic N) is 1. The molecule has 0 saturated carbocycles. The molecular formula is C18H27NO4. The number of methoxy groups -OCH3 is 1. The number of esters is 1. The minimum absolute atomic E-state index is 0.341. The number of likely N-dealkylation sites (tertiary alicyclic amines) is 1. The van der Waals surface area contributed by atoms with Crippen LogP contribution in [0.4, 0.5) is 0 Å². The average Bonchev–Trinajstić information content (AvgIpc) is 2.59. The van der Waals surface area contributed by atoms with Gasteiger partial charge >= 0.3 is 5.97 Å². The minimum atomic E-state index is -0.341. The van der Waals surface area contributed by atoms with Crippen molar-refractivity contribution in [1.82, 2.24) is 4.90 Å². The van der Waals surface area contributed by atoms with E-state index in [1.807, 2.05) is 0 Å². The summed E-state index contributed by atoms with van der Waals surface area (Å²) in [5.74, 6) is 1.25. The van der Waals surface area contributed by atoms with Crippen LogP contribution in [0.5, 0.6) is 5.75 Å². The van der Waals surface area contributed by atoms with E-state index in [-0.39, 0.29) is 5.97 Å². The minimum Gasteiger partial charge on any atom is -0.491 e. The second kappa shape index (κ2) is 9.53. The predicted molar refractivity (Wildman–Crippen MR) is 88.9 cm³/mol. The fraction of sp³-hybridized carbons (Fsp3) is 0.611. The number of hydrogen-bond acceptors (Lipinski definition) is 5. The standard InChI is InChI=1S/C18H27NO4/c1-15-7-9-19(10-8-15)11-12-22-13-14-23-17-5-3-16(4-6-17)18(20)21-2/h3-6,15H,7-14H2,1-2H3. The summed E-state index contributed by atoms with van der Waals surface area (Å²) in [7, 11) is 1.37. The molecule has 1 aliphatic heterocycles. The molecule has 2 rings (SSSR count). The Balaban J connectivity index is 1.54. The second-order valence-electron chi connectivity index (χ2n) is 6.00. The normalized spacial score (nSPS) is 16.3. The van der Waals surface area contributed by atoms with Crippen LogP contribution in [0.2, 0.25) is 0 Å². The molecule has 1 aromatic carbocycles. The highest BCUT2D eigenvalue weighted by molar-refractivity contribution is 5.89. The maximum Gasteiger partial charge on any atom is 0.337 e. The van der Waals surface area contributed by atoms with Crippen molar-refractivity contribution in [3.63, 3.8) is 0 Å². The van der Waals surface area contributed by atoms with Crippen LogP contribution >= 0.6 is 0 Å². The van der Waals surface area contributed by atoms with E-state index in [9.17, 15) is 4.79 Å². The summed E-state index contributed by atoms with van der Waals surface area (Å²) < 4.78 is 15.9. The van der Waals surface area contributed by atoms with Crippen molar-refractivity contribution >= 4 is 5.97 Å². The van der Waals surface area contributed by atoms with Gasteiger partial charge in [0.05, 0.1) is 25.9 Å². The van der Waals surface area contributed by atoms with Crippen LogP contribution in [-0.2, 0) is 9.47 Å². The van der Waals surface area contributed by atoms with Gasteiger partial charge < -0.3 is 19.1 Å². The van der Waals surface area contributed by atoms with Gasteiger partial charge in [0.15, 0.2) is 0 Å². The third kappa shape index (κ3) is 6.20. The van der Waals surface area contributed by atoms with Gasteiger partial charge in [0.1, 0.15) is 12.4 Å². The van der Waals surface area contributed by atoms with E-state index in [1.54, 1.807) is 24.3 Å². The molecule has 0 radical (unpaired) electrons. The van der Waals surface area contributed by atoms with Crippen molar-refractivity contribution in [3.8, 4) is 5.75 Å². The molecule has 1 aliphatic rings. The van der Waals surface area contributed by atoms with Crippen LogP contribution in [-0.4, -0.2) is 57.4 Å². The van der Waals surface area contributed by atoms with E-state index < -0.39 is 0 Å². The summed E-state index contributed by atoms with van der Waals surface area (Å²) in [6.45, 7) is 7.53. The lowest BCUT2D eigenvalue weighted by molar-refractivity contribution is 0.0600. The Hall–Kier alpha value is -1.59. The van der Waals surface area contributed by atoms with Crippen LogP contribution in [0.3, 0.4) is 0 Å². The molecule has 0 bridgehead atoms. The summed E-state index contributed by atoms with van der Waals surface area (Å²) in [4.78, 5) is 13.8. The summed E-state index contributed by atoms with van der Waals surface area (Å²) in [5.41, 5.74) is 0.520. The first-order chi connectivity index (χ1) is 11.2. The fourth-order valence-electron chi connectivity index (χ4n) is 2.60. The zero-order valence-corrected chi connectivity index (χ0v) is 14.1. The molecule has 1 fully saturated rings. The number of piperidine rings is 1. The highest BCUT2D eigenvalue weighted by Crippen LogP contribution is 2.15.